The monoisotopic (exact) mass is 235 g/mol. The smallest absolute Gasteiger partial charge is 0.0596 e. The van der Waals surface area contributed by atoms with Gasteiger partial charge in [-0.15, -0.1) is 0 Å². The van der Waals surface area contributed by atoms with Gasteiger partial charge in [-0.2, -0.15) is 5.10 Å². The van der Waals surface area contributed by atoms with Gasteiger partial charge in [0.2, 0.25) is 0 Å². The summed E-state index contributed by atoms with van der Waals surface area (Å²) in [7, 11) is 0. The molecular formula is C14H25N3. The van der Waals surface area contributed by atoms with Gasteiger partial charge >= 0.3 is 0 Å². The summed E-state index contributed by atoms with van der Waals surface area (Å²) in [5.41, 5.74) is 2.54. The maximum absolute atomic E-state index is 4.53. The first-order valence-corrected chi connectivity index (χ1v) is 7.01. The molecule has 0 saturated heterocycles. The van der Waals surface area contributed by atoms with Crippen molar-refractivity contribution >= 4 is 0 Å². The van der Waals surface area contributed by atoms with Crippen LogP contribution in [0.4, 0.5) is 0 Å². The van der Waals surface area contributed by atoms with Crippen LogP contribution in [0.3, 0.4) is 0 Å². The lowest BCUT2D eigenvalue weighted by Crippen LogP contribution is -2.41. The summed E-state index contributed by atoms with van der Waals surface area (Å²) in [5, 5.41) is 8.19. The molecule has 0 bridgehead atoms. The molecule has 1 N–H and O–H groups in total. The number of nitrogens with zero attached hydrogens (tertiary/aromatic N) is 2. The van der Waals surface area contributed by atoms with Crippen LogP contribution in [-0.2, 0) is 13.0 Å². The van der Waals surface area contributed by atoms with Gasteiger partial charge in [0.1, 0.15) is 0 Å². The number of likely N-dealkylation sites (N-methyl/N-ethyl adjacent to an activating group) is 1. The third kappa shape index (κ3) is 2.89. The molecule has 1 heterocycles. The normalized spacial score (nSPS) is 18.1. The molecule has 0 aliphatic heterocycles. The van der Waals surface area contributed by atoms with Crippen molar-refractivity contribution in [3.8, 4) is 0 Å². The lowest BCUT2D eigenvalue weighted by molar-refractivity contribution is 0.227. The first-order chi connectivity index (χ1) is 8.24. The van der Waals surface area contributed by atoms with E-state index >= 15 is 0 Å². The average molecular weight is 235 g/mol. The number of rotatable bonds is 6. The third-order valence-corrected chi connectivity index (χ3v) is 3.90. The summed E-state index contributed by atoms with van der Waals surface area (Å²) >= 11 is 0. The highest BCUT2D eigenvalue weighted by Crippen LogP contribution is 2.31. The largest absolute Gasteiger partial charge is 0.314 e. The van der Waals surface area contributed by atoms with E-state index in [4.69, 9.17) is 0 Å². The molecule has 0 radical (unpaired) electrons. The van der Waals surface area contributed by atoms with E-state index < -0.39 is 0 Å². The fraction of sp³-hybridized carbons (Fsp3) is 0.786. The van der Waals surface area contributed by atoms with Gasteiger partial charge in [-0.1, -0.05) is 13.3 Å². The van der Waals surface area contributed by atoms with Crippen molar-refractivity contribution in [3.63, 3.8) is 0 Å². The second-order valence-corrected chi connectivity index (χ2v) is 5.15. The van der Waals surface area contributed by atoms with Gasteiger partial charge in [0.25, 0.3) is 0 Å². The first kappa shape index (κ1) is 12.6. The van der Waals surface area contributed by atoms with Crippen LogP contribution in [0.15, 0.2) is 6.07 Å². The van der Waals surface area contributed by atoms with Crippen molar-refractivity contribution < 1.29 is 0 Å². The predicted molar refractivity (Wildman–Crippen MR) is 71.1 cm³/mol. The molecule has 1 fully saturated rings. The lowest BCUT2D eigenvalue weighted by Gasteiger charge is -2.34. The van der Waals surface area contributed by atoms with Crippen molar-refractivity contribution in [2.75, 3.05) is 6.54 Å². The molecule has 0 amide bonds. The molecule has 2 rings (SSSR count). The highest BCUT2D eigenvalue weighted by molar-refractivity contribution is 5.11. The van der Waals surface area contributed by atoms with Crippen LogP contribution in [0.1, 0.15) is 44.5 Å². The molecular weight excluding hydrogens is 210 g/mol. The van der Waals surface area contributed by atoms with Crippen LogP contribution < -0.4 is 5.32 Å². The Hall–Kier alpha value is -0.830. The maximum atomic E-state index is 4.53. The zero-order valence-electron chi connectivity index (χ0n) is 11.4. The van der Waals surface area contributed by atoms with Crippen molar-refractivity contribution in [1.82, 2.24) is 15.1 Å². The second kappa shape index (κ2) is 5.67. The van der Waals surface area contributed by atoms with Crippen LogP contribution in [0.2, 0.25) is 0 Å². The minimum Gasteiger partial charge on any atom is -0.314 e. The summed E-state index contributed by atoms with van der Waals surface area (Å²) in [6.07, 6.45) is 5.35. The molecule has 3 heteroatoms. The highest BCUT2D eigenvalue weighted by Gasteiger charge is 2.27. The number of nitrogens with one attached hydrogen (secondary N) is 1. The molecule has 1 aromatic rings. The van der Waals surface area contributed by atoms with Crippen molar-refractivity contribution in [3.05, 3.63) is 17.5 Å². The van der Waals surface area contributed by atoms with Crippen molar-refractivity contribution in [1.29, 1.82) is 0 Å². The zero-order chi connectivity index (χ0) is 12.3. The number of hydrogen-bond donors (Lipinski definition) is 1. The van der Waals surface area contributed by atoms with Crippen LogP contribution in [0, 0.1) is 12.8 Å². The summed E-state index contributed by atoms with van der Waals surface area (Å²) < 4.78 is 2.15. The molecule has 17 heavy (non-hydrogen) atoms. The van der Waals surface area contributed by atoms with E-state index in [0.717, 1.165) is 31.1 Å². The highest BCUT2D eigenvalue weighted by atomic mass is 15.3. The van der Waals surface area contributed by atoms with Gasteiger partial charge < -0.3 is 5.32 Å². The summed E-state index contributed by atoms with van der Waals surface area (Å²) in [5.74, 6) is 0.885. The second-order valence-electron chi connectivity index (χ2n) is 5.15. The van der Waals surface area contributed by atoms with E-state index in [-0.39, 0.29) is 0 Å². The van der Waals surface area contributed by atoms with Crippen LogP contribution in [0.25, 0.3) is 0 Å². The Morgan fingerprint density at radius 2 is 2.24 bits per heavy atom. The third-order valence-electron chi connectivity index (χ3n) is 3.90. The average Bonchev–Trinajstić information content (AvgIpc) is 2.56. The molecule has 1 unspecified atom stereocenters. The van der Waals surface area contributed by atoms with E-state index in [1.54, 1.807) is 0 Å². The zero-order valence-corrected chi connectivity index (χ0v) is 11.4. The van der Waals surface area contributed by atoms with Gasteiger partial charge in [-0.25, -0.2) is 0 Å². The Balaban J connectivity index is 2.04. The Morgan fingerprint density at radius 1 is 1.47 bits per heavy atom. The molecule has 1 aliphatic carbocycles. The number of hydrogen-bond acceptors (Lipinski definition) is 2. The van der Waals surface area contributed by atoms with E-state index in [0.29, 0.717) is 6.04 Å². The van der Waals surface area contributed by atoms with E-state index in [9.17, 15) is 0 Å². The van der Waals surface area contributed by atoms with E-state index in [1.165, 1.54) is 25.0 Å². The Morgan fingerprint density at radius 3 is 2.76 bits per heavy atom. The summed E-state index contributed by atoms with van der Waals surface area (Å²) in [4.78, 5) is 0. The molecule has 96 valence electrons. The van der Waals surface area contributed by atoms with Crippen LogP contribution >= 0.6 is 0 Å². The topological polar surface area (TPSA) is 29.9 Å². The molecule has 1 aliphatic rings. The van der Waals surface area contributed by atoms with Gasteiger partial charge in [-0.3, -0.25) is 4.68 Å². The molecule has 1 saturated carbocycles. The van der Waals surface area contributed by atoms with Crippen molar-refractivity contribution in [2.24, 2.45) is 5.92 Å². The molecule has 0 spiro atoms. The standard InChI is InChI=1S/C14H25N3/c1-4-15-14(12-7-6-8-12)10-13-9-11(3)16-17(13)5-2/h9,12,14-15H,4-8,10H2,1-3H3. The Bertz CT molecular complexity index is 352. The fourth-order valence-electron chi connectivity index (χ4n) is 2.77. The molecule has 1 atom stereocenters. The Kier molecular flexibility index (Phi) is 4.21. The lowest BCUT2D eigenvalue weighted by atomic mass is 9.78. The van der Waals surface area contributed by atoms with Gasteiger partial charge in [0.15, 0.2) is 0 Å². The number of aryl methyl sites for hydroxylation is 2. The SMILES string of the molecule is CCNC(Cc1cc(C)nn1CC)C1CCC1. The molecule has 0 aromatic carbocycles. The predicted octanol–water partition coefficient (Wildman–Crippen LogP) is 2.53. The quantitative estimate of drug-likeness (QED) is 0.821. The minimum atomic E-state index is 0.648. The van der Waals surface area contributed by atoms with Gasteiger partial charge in [-0.05, 0) is 45.2 Å². The van der Waals surface area contributed by atoms with Crippen LogP contribution in [0.5, 0.6) is 0 Å². The first-order valence-electron chi connectivity index (χ1n) is 7.01. The summed E-state index contributed by atoms with van der Waals surface area (Å²) in [6, 6.07) is 2.89. The summed E-state index contributed by atoms with van der Waals surface area (Å²) in [6.45, 7) is 8.50. The molecule has 3 nitrogen and oxygen atoms in total. The molecule has 1 aromatic heterocycles. The number of aromatic nitrogens is 2. The fourth-order valence-corrected chi connectivity index (χ4v) is 2.77. The van der Waals surface area contributed by atoms with E-state index in [2.05, 4.69) is 41.9 Å². The maximum Gasteiger partial charge on any atom is 0.0596 e. The minimum absolute atomic E-state index is 0.648. The Labute approximate surface area is 105 Å². The van der Waals surface area contributed by atoms with Gasteiger partial charge in [0, 0.05) is 24.7 Å². The van der Waals surface area contributed by atoms with Crippen molar-refractivity contribution in [2.45, 2.75) is 59.0 Å². The van der Waals surface area contributed by atoms with E-state index in [1.807, 2.05) is 0 Å². The van der Waals surface area contributed by atoms with Crippen LogP contribution in [-0.4, -0.2) is 22.4 Å². The van der Waals surface area contributed by atoms with Gasteiger partial charge in [0.05, 0.1) is 5.69 Å².